The summed E-state index contributed by atoms with van der Waals surface area (Å²) in [6.45, 7) is 4.41. The molecule has 1 aromatic rings. The molecule has 0 saturated carbocycles. The molecule has 1 saturated heterocycles. The van der Waals surface area contributed by atoms with E-state index < -0.39 is 0 Å². The summed E-state index contributed by atoms with van der Waals surface area (Å²) in [4.78, 5) is 20.8. The summed E-state index contributed by atoms with van der Waals surface area (Å²) in [7, 11) is 0. The lowest BCUT2D eigenvalue weighted by Gasteiger charge is -2.40. The van der Waals surface area contributed by atoms with E-state index in [0.29, 0.717) is 15.7 Å². The van der Waals surface area contributed by atoms with Gasteiger partial charge in [0.15, 0.2) is 0 Å². The molecule has 2 heterocycles. The minimum atomic E-state index is -0.0458. The highest BCUT2D eigenvalue weighted by Crippen LogP contribution is 2.28. The van der Waals surface area contributed by atoms with Gasteiger partial charge in [-0.3, -0.25) is 4.79 Å². The van der Waals surface area contributed by atoms with Gasteiger partial charge >= 0.3 is 0 Å². The lowest BCUT2D eigenvalue weighted by Crippen LogP contribution is -2.45. The van der Waals surface area contributed by atoms with E-state index in [9.17, 15) is 4.79 Å². The number of anilines is 1. The fraction of sp³-hybridized carbons (Fsp3) is 0.636. The molecule has 0 amide bonds. The predicted octanol–water partition coefficient (Wildman–Crippen LogP) is 2.14. The van der Waals surface area contributed by atoms with Crippen molar-refractivity contribution in [3.8, 4) is 0 Å². The van der Waals surface area contributed by atoms with Crippen LogP contribution in [0.2, 0.25) is 0 Å². The molecule has 16 heavy (non-hydrogen) atoms. The summed E-state index contributed by atoms with van der Waals surface area (Å²) in [6.07, 6.45) is 5.11. The van der Waals surface area contributed by atoms with Gasteiger partial charge in [-0.2, -0.15) is 0 Å². The van der Waals surface area contributed by atoms with Gasteiger partial charge in [0.25, 0.3) is 5.56 Å². The molecule has 0 aliphatic carbocycles. The second-order valence-corrected chi connectivity index (χ2v) is 5.48. The Labute approximate surface area is 109 Å². The van der Waals surface area contributed by atoms with Crippen molar-refractivity contribution in [2.24, 2.45) is 0 Å². The zero-order chi connectivity index (χ0) is 11.7. The topological polar surface area (TPSA) is 49.0 Å². The molecule has 1 aliphatic heterocycles. The maximum atomic E-state index is 11.6. The first-order chi connectivity index (χ1) is 7.61. The van der Waals surface area contributed by atoms with E-state index in [0.717, 1.165) is 5.82 Å². The van der Waals surface area contributed by atoms with Crippen LogP contribution in [0.15, 0.2) is 11.1 Å². The van der Waals surface area contributed by atoms with E-state index >= 15 is 0 Å². The third-order valence-electron chi connectivity index (χ3n) is 3.22. The Morgan fingerprint density at radius 2 is 2.06 bits per heavy atom. The molecule has 1 aliphatic rings. The van der Waals surface area contributed by atoms with Gasteiger partial charge in [-0.25, -0.2) is 4.98 Å². The Kier molecular flexibility index (Phi) is 3.51. The number of nitrogens with zero attached hydrogens (tertiary/aromatic N) is 2. The van der Waals surface area contributed by atoms with Crippen molar-refractivity contribution in [2.75, 3.05) is 4.90 Å². The normalized spacial score (nSPS) is 25.8. The van der Waals surface area contributed by atoms with Gasteiger partial charge in [0.05, 0.1) is 6.33 Å². The Balaban J connectivity index is 2.41. The standard InChI is InChI=1S/C11H16IN3O/c1-7-4-3-5-8(2)15(7)10-9(12)11(16)14-6-13-10/h6-8H,3-5H2,1-2H3,(H,13,14,16). The van der Waals surface area contributed by atoms with Crippen LogP contribution in [0.1, 0.15) is 33.1 Å². The Bertz CT molecular complexity index is 421. The van der Waals surface area contributed by atoms with Crippen LogP contribution in [-0.4, -0.2) is 22.1 Å². The lowest BCUT2D eigenvalue weighted by atomic mass is 9.98. The minimum Gasteiger partial charge on any atom is -0.350 e. The number of H-pyrrole nitrogens is 1. The summed E-state index contributed by atoms with van der Waals surface area (Å²) in [6, 6.07) is 0.929. The van der Waals surface area contributed by atoms with Crippen LogP contribution in [0.5, 0.6) is 0 Å². The van der Waals surface area contributed by atoms with Crippen LogP contribution in [0.4, 0.5) is 5.82 Å². The highest BCUT2D eigenvalue weighted by atomic mass is 127. The number of piperidine rings is 1. The summed E-state index contributed by atoms with van der Waals surface area (Å²) in [5.41, 5.74) is -0.0458. The van der Waals surface area contributed by atoms with E-state index in [4.69, 9.17) is 0 Å². The van der Waals surface area contributed by atoms with E-state index in [1.54, 1.807) is 0 Å². The number of aromatic nitrogens is 2. The zero-order valence-electron chi connectivity index (χ0n) is 9.53. The molecule has 1 N–H and O–H groups in total. The van der Waals surface area contributed by atoms with Gasteiger partial charge in [0.2, 0.25) is 0 Å². The summed E-state index contributed by atoms with van der Waals surface area (Å²) >= 11 is 2.08. The molecule has 1 aromatic heterocycles. The molecule has 1 fully saturated rings. The Hall–Kier alpha value is -0.590. The average molecular weight is 333 g/mol. The molecular weight excluding hydrogens is 317 g/mol. The Morgan fingerprint density at radius 1 is 1.44 bits per heavy atom. The number of hydrogen-bond donors (Lipinski definition) is 1. The van der Waals surface area contributed by atoms with Crippen LogP contribution in [0.25, 0.3) is 0 Å². The molecular formula is C11H16IN3O. The van der Waals surface area contributed by atoms with Gasteiger partial charge in [-0.15, -0.1) is 0 Å². The van der Waals surface area contributed by atoms with Crippen molar-refractivity contribution in [3.05, 3.63) is 20.3 Å². The number of hydrogen-bond acceptors (Lipinski definition) is 3. The van der Waals surface area contributed by atoms with Gasteiger partial charge in [-0.1, -0.05) is 0 Å². The fourth-order valence-corrected chi connectivity index (χ4v) is 2.97. The van der Waals surface area contributed by atoms with Crippen LogP contribution < -0.4 is 10.5 Å². The van der Waals surface area contributed by atoms with Crippen molar-refractivity contribution in [1.29, 1.82) is 0 Å². The third kappa shape index (κ3) is 2.09. The SMILES string of the molecule is CC1CCCC(C)N1c1nc[nH]c(=O)c1I. The molecule has 2 unspecified atom stereocenters. The number of halogens is 1. The van der Waals surface area contributed by atoms with Gasteiger partial charge < -0.3 is 9.88 Å². The fourth-order valence-electron chi connectivity index (χ4n) is 2.39. The highest BCUT2D eigenvalue weighted by molar-refractivity contribution is 14.1. The lowest BCUT2D eigenvalue weighted by molar-refractivity contribution is 0.410. The predicted molar refractivity (Wildman–Crippen MR) is 72.8 cm³/mol. The third-order valence-corrected chi connectivity index (χ3v) is 4.19. The quantitative estimate of drug-likeness (QED) is 0.801. The number of aromatic amines is 1. The summed E-state index contributed by atoms with van der Waals surface area (Å²) in [5.74, 6) is 0.837. The molecule has 2 rings (SSSR count). The largest absolute Gasteiger partial charge is 0.350 e. The van der Waals surface area contributed by atoms with Crippen molar-refractivity contribution in [3.63, 3.8) is 0 Å². The van der Waals surface area contributed by atoms with Gasteiger partial charge in [0.1, 0.15) is 9.39 Å². The smallest absolute Gasteiger partial charge is 0.266 e. The maximum absolute atomic E-state index is 11.6. The van der Waals surface area contributed by atoms with E-state index in [2.05, 4.69) is 51.3 Å². The van der Waals surface area contributed by atoms with Crippen molar-refractivity contribution in [1.82, 2.24) is 9.97 Å². The van der Waals surface area contributed by atoms with Gasteiger partial charge in [0, 0.05) is 12.1 Å². The van der Waals surface area contributed by atoms with E-state index in [-0.39, 0.29) is 5.56 Å². The molecule has 2 atom stereocenters. The van der Waals surface area contributed by atoms with Crippen molar-refractivity contribution < 1.29 is 0 Å². The highest BCUT2D eigenvalue weighted by Gasteiger charge is 2.27. The molecule has 0 bridgehead atoms. The Morgan fingerprint density at radius 3 is 2.69 bits per heavy atom. The van der Waals surface area contributed by atoms with Crippen LogP contribution in [-0.2, 0) is 0 Å². The monoisotopic (exact) mass is 333 g/mol. The second-order valence-electron chi connectivity index (χ2n) is 4.41. The molecule has 5 heteroatoms. The van der Waals surface area contributed by atoms with Crippen molar-refractivity contribution in [2.45, 2.75) is 45.2 Å². The minimum absolute atomic E-state index is 0.0458. The average Bonchev–Trinajstić information content (AvgIpc) is 2.24. The van der Waals surface area contributed by atoms with E-state index in [1.165, 1.54) is 25.6 Å². The summed E-state index contributed by atoms with van der Waals surface area (Å²) in [5, 5.41) is 0. The number of nitrogens with one attached hydrogen (secondary N) is 1. The first kappa shape index (κ1) is 11.9. The first-order valence-electron chi connectivity index (χ1n) is 5.62. The van der Waals surface area contributed by atoms with E-state index in [1.807, 2.05) is 0 Å². The van der Waals surface area contributed by atoms with Crippen LogP contribution >= 0.6 is 22.6 Å². The van der Waals surface area contributed by atoms with Crippen LogP contribution in [0.3, 0.4) is 0 Å². The number of rotatable bonds is 1. The summed E-state index contributed by atoms with van der Waals surface area (Å²) < 4.78 is 0.695. The molecule has 0 radical (unpaired) electrons. The van der Waals surface area contributed by atoms with Gasteiger partial charge in [-0.05, 0) is 55.7 Å². The zero-order valence-corrected chi connectivity index (χ0v) is 11.7. The second kappa shape index (κ2) is 4.73. The molecule has 4 nitrogen and oxygen atoms in total. The first-order valence-corrected chi connectivity index (χ1v) is 6.70. The van der Waals surface area contributed by atoms with Crippen molar-refractivity contribution >= 4 is 28.4 Å². The molecule has 0 aromatic carbocycles. The molecule has 88 valence electrons. The van der Waals surface area contributed by atoms with Crippen LogP contribution in [0, 0.1) is 3.57 Å². The maximum Gasteiger partial charge on any atom is 0.266 e. The molecule has 0 spiro atoms.